The second-order valence-corrected chi connectivity index (χ2v) is 5.55. The van der Waals surface area contributed by atoms with Crippen molar-refractivity contribution in [3.05, 3.63) is 84.4 Å². The Balaban J connectivity index is 1.45. The SMILES string of the molecule is O=C(NCCCOc1ccc(F)cc1)c1cccc(-n2cccc2)c1. The lowest BCUT2D eigenvalue weighted by Gasteiger charge is -2.09. The molecule has 0 atom stereocenters. The van der Waals surface area contributed by atoms with Gasteiger partial charge in [-0.05, 0) is 61.0 Å². The number of hydrogen-bond donors (Lipinski definition) is 1. The van der Waals surface area contributed by atoms with Crippen molar-refractivity contribution in [1.82, 2.24) is 9.88 Å². The Morgan fingerprint density at radius 1 is 1.04 bits per heavy atom. The number of amides is 1. The van der Waals surface area contributed by atoms with E-state index in [2.05, 4.69) is 5.32 Å². The molecule has 1 N–H and O–H groups in total. The van der Waals surface area contributed by atoms with E-state index in [9.17, 15) is 9.18 Å². The van der Waals surface area contributed by atoms with E-state index in [0.29, 0.717) is 30.9 Å². The Bertz CT molecular complexity index is 814. The summed E-state index contributed by atoms with van der Waals surface area (Å²) >= 11 is 0. The predicted octanol–water partition coefficient (Wildman–Crippen LogP) is 3.82. The lowest BCUT2D eigenvalue weighted by molar-refractivity contribution is 0.0951. The van der Waals surface area contributed by atoms with Crippen LogP contribution in [0.1, 0.15) is 16.8 Å². The van der Waals surface area contributed by atoms with Crippen molar-refractivity contribution < 1.29 is 13.9 Å². The van der Waals surface area contributed by atoms with E-state index in [0.717, 1.165) is 5.69 Å². The van der Waals surface area contributed by atoms with Crippen molar-refractivity contribution in [1.29, 1.82) is 0 Å². The Labute approximate surface area is 145 Å². The Hall–Kier alpha value is -3.08. The fourth-order valence-electron chi connectivity index (χ4n) is 2.41. The van der Waals surface area contributed by atoms with Crippen LogP contribution >= 0.6 is 0 Å². The highest BCUT2D eigenvalue weighted by molar-refractivity contribution is 5.94. The topological polar surface area (TPSA) is 43.3 Å². The molecule has 0 bridgehead atoms. The number of nitrogens with one attached hydrogen (secondary N) is 1. The first-order valence-electron chi connectivity index (χ1n) is 8.12. The summed E-state index contributed by atoms with van der Waals surface area (Å²) in [6.07, 6.45) is 4.54. The monoisotopic (exact) mass is 338 g/mol. The van der Waals surface area contributed by atoms with Crippen molar-refractivity contribution in [2.45, 2.75) is 6.42 Å². The molecule has 0 unspecified atom stereocenters. The first-order chi connectivity index (χ1) is 12.2. The van der Waals surface area contributed by atoms with Gasteiger partial charge in [0.2, 0.25) is 0 Å². The zero-order valence-corrected chi connectivity index (χ0v) is 13.7. The van der Waals surface area contributed by atoms with Crippen LogP contribution in [0.3, 0.4) is 0 Å². The predicted molar refractivity (Wildman–Crippen MR) is 94.6 cm³/mol. The maximum Gasteiger partial charge on any atom is 0.251 e. The fourth-order valence-corrected chi connectivity index (χ4v) is 2.41. The molecule has 3 rings (SSSR count). The van der Waals surface area contributed by atoms with E-state index in [4.69, 9.17) is 4.74 Å². The van der Waals surface area contributed by atoms with Crippen molar-refractivity contribution in [2.24, 2.45) is 0 Å². The van der Waals surface area contributed by atoms with Crippen LogP contribution in [-0.2, 0) is 0 Å². The highest BCUT2D eigenvalue weighted by Gasteiger charge is 2.06. The van der Waals surface area contributed by atoms with Gasteiger partial charge in [-0.15, -0.1) is 0 Å². The molecule has 4 nitrogen and oxygen atoms in total. The Kier molecular flexibility index (Phi) is 5.46. The van der Waals surface area contributed by atoms with E-state index in [1.807, 2.05) is 47.3 Å². The summed E-state index contributed by atoms with van der Waals surface area (Å²) in [6, 6.07) is 17.2. The van der Waals surface area contributed by atoms with Gasteiger partial charge in [-0.3, -0.25) is 4.79 Å². The average Bonchev–Trinajstić information content (AvgIpc) is 3.18. The van der Waals surface area contributed by atoms with Crippen LogP contribution in [0.15, 0.2) is 73.1 Å². The number of hydrogen-bond acceptors (Lipinski definition) is 2. The Morgan fingerprint density at radius 3 is 2.56 bits per heavy atom. The molecule has 5 heteroatoms. The van der Waals surface area contributed by atoms with E-state index < -0.39 is 0 Å². The Morgan fingerprint density at radius 2 is 1.80 bits per heavy atom. The van der Waals surface area contributed by atoms with Gasteiger partial charge in [0.1, 0.15) is 11.6 Å². The molecule has 0 aliphatic rings. The molecular formula is C20H19FN2O2. The zero-order valence-electron chi connectivity index (χ0n) is 13.7. The maximum atomic E-state index is 12.8. The number of carbonyl (C=O) groups is 1. The van der Waals surface area contributed by atoms with Crippen molar-refractivity contribution in [3.8, 4) is 11.4 Å². The summed E-state index contributed by atoms with van der Waals surface area (Å²) < 4.78 is 20.2. The van der Waals surface area contributed by atoms with Gasteiger partial charge < -0.3 is 14.6 Å². The van der Waals surface area contributed by atoms with Crippen molar-refractivity contribution in [2.75, 3.05) is 13.2 Å². The lowest BCUT2D eigenvalue weighted by Crippen LogP contribution is -2.25. The normalized spacial score (nSPS) is 10.4. The summed E-state index contributed by atoms with van der Waals surface area (Å²) in [7, 11) is 0. The largest absolute Gasteiger partial charge is 0.494 e. The summed E-state index contributed by atoms with van der Waals surface area (Å²) in [6.45, 7) is 0.961. The van der Waals surface area contributed by atoms with E-state index in [-0.39, 0.29) is 11.7 Å². The number of halogens is 1. The van der Waals surface area contributed by atoms with Crippen LogP contribution in [0.2, 0.25) is 0 Å². The van der Waals surface area contributed by atoms with E-state index in [1.54, 1.807) is 18.2 Å². The molecule has 0 aliphatic carbocycles. The third kappa shape index (κ3) is 4.70. The molecule has 2 aromatic carbocycles. The molecular weight excluding hydrogens is 319 g/mol. The first-order valence-corrected chi connectivity index (χ1v) is 8.12. The van der Waals surface area contributed by atoms with Crippen LogP contribution in [0.25, 0.3) is 5.69 Å². The van der Waals surface area contributed by atoms with Gasteiger partial charge in [0.15, 0.2) is 0 Å². The number of rotatable bonds is 7. The molecule has 0 saturated carbocycles. The first kappa shape index (κ1) is 16.8. The molecule has 25 heavy (non-hydrogen) atoms. The maximum absolute atomic E-state index is 12.8. The van der Waals surface area contributed by atoms with E-state index >= 15 is 0 Å². The molecule has 1 aromatic heterocycles. The number of ether oxygens (including phenoxy) is 1. The minimum absolute atomic E-state index is 0.115. The highest BCUT2D eigenvalue weighted by atomic mass is 19.1. The molecule has 128 valence electrons. The van der Waals surface area contributed by atoms with Gasteiger partial charge in [0, 0.05) is 30.2 Å². The standard InChI is InChI=1S/C20H19FN2O2/c21-17-7-9-19(10-8-17)25-14-4-11-22-20(24)16-5-3-6-18(15-16)23-12-1-2-13-23/h1-3,5-10,12-13,15H,4,11,14H2,(H,22,24). The van der Waals surface area contributed by atoms with E-state index in [1.165, 1.54) is 12.1 Å². The van der Waals surface area contributed by atoms with Crippen molar-refractivity contribution >= 4 is 5.91 Å². The lowest BCUT2D eigenvalue weighted by atomic mass is 10.2. The average molecular weight is 338 g/mol. The number of carbonyl (C=O) groups excluding carboxylic acids is 1. The van der Waals surface area contributed by atoms with Crippen molar-refractivity contribution in [3.63, 3.8) is 0 Å². The van der Waals surface area contributed by atoms with Crippen LogP contribution in [0.4, 0.5) is 4.39 Å². The summed E-state index contributed by atoms with van der Waals surface area (Å²) in [4.78, 5) is 12.2. The molecule has 0 saturated heterocycles. The third-order valence-corrected chi connectivity index (χ3v) is 3.70. The second kappa shape index (κ2) is 8.15. The molecule has 1 amide bonds. The van der Waals surface area contributed by atoms with Gasteiger partial charge in [-0.1, -0.05) is 6.07 Å². The molecule has 0 spiro atoms. The molecule has 3 aromatic rings. The minimum Gasteiger partial charge on any atom is -0.494 e. The second-order valence-electron chi connectivity index (χ2n) is 5.55. The minimum atomic E-state index is -0.290. The summed E-state index contributed by atoms with van der Waals surface area (Å²) in [5.74, 6) is 0.213. The van der Waals surface area contributed by atoms with Gasteiger partial charge >= 0.3 is 0 Å². The van der Waals surface area contributed by atoms with Crippen LogP contribution in [-0.4, -0.2) is 23.6 Å². The highest BCUT2D eigenvalue weighted by Crippen LogP contribution is 2.12. The van der Waals surface area contributed by atoms with Crippen LogP contribution < -0.4 is 10.1 Å². The van der Waals surface area contributed by atoms with Gasteiger partial charge in [0.25, 0.3) is 5.91 Å². The zero-order chi connectivity index (χ0) is 17.5. The van der Waals surface area contributed by atoms with Gasteiger partial charge in [-0.25, -0.2) is 4.39 Å². The smallest absolute Gasteiger partial charge is 0.251 e. The van der Waals surface area contributed by atoms with Crippen LogP contribution in [0.5, 0.6) is 5.75 Å². The number of nitrogens with zero attached hydrogens (tertiary/aromatic N) is 1. The molecule has 0 aliphatic heterocycles. The summed E-state index contributed by atoms with van der Waals surface area (Å²) in [5, 5.41) is 2.88. The summed E-state index contributed by atoms with van der Waals surface area (Å²) in [5.41, 5.74) is 1.56. The van der Waals surface area contributed by atoms with Gasteiger partial charge in [-0.2, -0.15) is 0 Å². The fraction of sp³-hybridized carbons (Fsp3) is 0.150. The number of benzene rings is 2. The van der Waals surface area contributed by atoms with Gasteiger partial charge in [0.05, 0.1) is 6.61 Å². The molecule has 1 heterocycles. The molecule has 0 fully saturated rings. The quantitative estimate of drug-likeness (QED) is 0.666. The number of aromatic nitrogens is 1. The van der Waals surface area contributed by atoms with Crippen LogP contribution in [0, 0.1) is 5.82 Å². The third-order valence-electron chi connectivity index (χ3n) is 3.70. The molecule has 0 radical (unpaired) electrons.